The van der Waals surface area contributed by atoms with E-state index in [1.165, 1.54) is 0 Å². The van der Waals surface area contributed by atoms with E-state index in [-0.39, 0.29) is 22.7 Å². The third-order valence-corrected chi connectivity index (χ3v) is 9.49. The first-order valence-corrected chi connectivity index (χ1v) is 11.1. The minimum Gasteiger partial charge on any atom is -0.465 e. The van der Waals surface area contributed by atoms with Crippen molar-refractivity contribution in [2.24, 2.45) is 0 Å². The van der Waals surface area contributed by atoms with Crippen LogP contribution >= 0.6 is 0 Å². The van der Waals surface area contributed by atoms with Crippen molar-refractivity contribution >= 4 is 14.4 Å². The zero-order valence-electron chi connectivity index (χ0n) is 15.5. The van der Waals surface area contributed by atoms with Gasteiger partial charge in [0.25, 0.3) is 0 Å². The number of likely N-dealkylation sites (tertiary alicyclic amines) is 1. The zero-order chi connectivity index (χ0) is 17.3. The van der Waals surface area contributed by atoms with E-state index in [0.717, 1.165) is 19.5 Å². The summed E-state index contributed by atoms with van der Waals surface area (Å²) in [7, 11) is -1.85. The molecule has 0 aliphatic carbocycles. The van der Waals surface area contributed by atoms with E-state index in [1.807, 2.05) is 0 Å². The van der Waals surface area contributed by atoms with Gasteiger partial charge in [-0.15, -0.1) is 0 Å². The Labute approximate surface area is 136 Å². The SMILES string of the molecule is CC(C)(C)N1C[C@@H](NC(=O)O)C[C@@H](O[Si](C)(C)C(C)(C)C)C1. The standard InChI is InChI=1S/C16H34N2O3Si/c1-15(2,3)18-10-12(17-14(19)20)9-13(11-18)21-22(7,8)16(4,5)6/h12-13,17H,9-11H2,1-8H3,(H,19,20)/t12-,13+/m0/s1. The van der Waals surface area contributed by atoms with Crippen molar-refractivity contribution in [1.29, 1.82) is 0 Å². The smallest absolute Gasteiger partial charge is 0.404 e. The number of nitrogens with one attached hydrogen (secondary N) is 1. The van der Waals surface area contributed by atoms with Crippen LogP contribution in [0.2, 0.25) is 18.1 Å². The molecular formula is C16H34N2O3Si. The lowest BCUT2D eigenvalue weighted by molar-refractivity contribution is 0.0129. The van der Waals surface area contributed by atoms with Crippen LogP contribution in [0.1, 0.15) is 48.0 Å². The number of piperidine rings is 1. The van der Waals surface area contributed by atoms with E-state index in [9.17, 15) is 4.79 Å². The van der Waals surface area contributed by atoms with Gasteiger partial charge in [-0.2, -0.15) is 0 Å². The molecule has 1 aliphatic heterocycles. The Morgan fingerprint density at radius 2 is 1.73 bits per heavy atom. The fourth-order valence-electron chi connectivity index (χ4n) is 2.56. The highest BCUT2D eigenvalue weighted by Crippen LogP contribution is 2.38. The third-order valence-electron chi connectivity index (χ3n) is 4.96. The summed E-state index contributed by atoms with van der Waals surface area (Å²) < 4.78 is 6.54. The first-order valence-electron chi connectivity index (χ1n) is 8.15. The molecule has 1 rings (SSSR count). The molecule has 0 saturated carbocycles. The van der Waals surface area contributed by atoms with E-state index in [0.29, 0.717) is 0 Å². The van der Waals surface area contributed by atoms with Crippen LogP contribution in [-0.2, 0) is 4.43 Å². The van der Waals surface area contributed by atoms with Gasteiger partial charge in [-0.3, -0.25) is 4.90 Å². The number of amides is 1. The van der Waals surface area contributed by atoms with E-state index in [4.69, 9.17) is 9.53 Å². The molecule has 0 aromatic carbocycles. The first kappa shape index (κ1) is 19.5. The van der Waals surface area contributed by atoms with Gasteiger partial charge < -0.3 is 14.8 Å². The average Bonchev–Trinajstić information content (AvgIpc) is 2.23. The Hall–Kier alpha value is -0.593. The maximum absolute atomic E-state index is 11.0. The van der Waals surface area contributed by atoms with Gasteiger partial charge in [-0.25, -0.2) is 4.79 Å². The molecule has 2 atom stereocenters. The second kappa shape index (κ2) is 6.49. The maximum atomic E-state index is 11.0. The molecule has 0 spiro atoms. The molecule has 0 unspecified atom stereocenters. The predicted molar refractivity (Wildman–Crippen MR) is 93.0 cm³/mol. The zero-order valence-corrected chi connectivity index (χ0v) is 16.5. The quantitative estimate of drug-likeness (QED) is 0.777. The van der Waals surface area contributed by atoms with Gasteiger partial charge in [0.15, 0.2) is 8.32 Å². The molecule has 0 aromatic rings. The molecule has 1 aliphatic rings. The molecule has 1 fully saturated rings. The van der Waals surface area contributed by atoms with Gasteiger partial charge in [-0.05, 0) is 45.3 Å². The number of carbonyl (C=O) groups is 1. The van der Waals surface area contributed by atoms with Crippen LogP contribution in [0.4, 0.5) is 4.79 Å². The molecule has 2 N–H and O–H groups in total. The van der Waals surface area contributed by atoms with Crippen molar-refractivity contribution in [2.45, 2.75) is 83.8 Å². The van der Waals surface area contributed by atoms with Gasteiger partial charge in [0.1, 0.15) is 0 Å². The minimum atomic E-state index is -1.85. The van der Waals surface area contributed by atoms with Gasteiger partial charge >= 0.3 is 6.09 Å². The van der Waals surface area contributed by atoms with Crippen molar-refractivity contribution in [2.75, 3.05) is 13.1 Å². The first-order chi connectivity index (χ1) is 9.72. The molecule has 1 heterocycles. The van der Waals surface area contributed by atoms with Gasteiger partial charge in [0, 0.05) is 24.7 Å². The second-order valence-electron chi connectivity index (χ2n) is 8.96. The molecule has 0 bridgehead atoms. The molecule has 6 heteroatoms. The largest absolute Gasteiger partial charge is 0.465 e. The molecule has 0 radical (unpaired) electrons. The average molecular weight is 331 g/mol. The number of nitrogens with zero attached hydrogens (tertiary/aromatic N) is 1. The molecule has 5 nitrogen and oxygen atoms in total. The van der Waals surface area contributed by atoms with Crippen LogP contribution in [0.3, 0.4) is 0 Å². The number of rotatable bonds is 3. The lowest BCUT2D eigenvalue weighted by Crippen LogP contribution is -2.60. The number of hydrogen-bond acceptors (Lipinski definition) is 3. The van der Waals surface area contributed by atoms with Crippen molar-refractivity contribution < 1.29 is 14.3 Å². The van der Waals surface area contributed by atoms with Crippen LogP contribution in [0.25, 0.3) is 0 Å². The van der Waals surface area contributed by atoms with Crippen molar-refractivity contribution in [3.05, 3.63) is 0 Å². The fraction of sp³-hybridized carbons (Fsp3) is 0.938. The summed E-state index contributed by atoms with van der Waals surface area (Å²) in [5.41, 5.74) is 0.00783. The van der Waals surface area contributed by atoms with E-state index >= 15 is 0 Å². The van der Waals surface area contributed by atoms with E-state index < -0.39 is 14.4 Å². The predicted octanol–water partition coefficient (Wildman–Crippen LogP) is 3.52. The van der Waals surface area contributed by atoms with Gasteiger partial charge in [-0.1, -0.05) is 20.8 Å². The number of hydrogen-bond donors (Lipinski definition) is 2. The summed E-state index contributed by atoms with van der Waals surface area (Å²) in [4.78, 5) is 13.3. The molecule has 130 valence electrons. The molecule has 1 saturated heterocycles. The van der Waals surface area contributed by atoms with Crippen molar-refractivity contribution in [1.82, 2.24) is 10.2 Å². The lowest BCUT2D eigenvalue weighted by Gasteiger charge is -2.48. The summed E-state index contributed by atoms with van der Waals surface area (Å²) in [5, 5.41) is 11.8. The topological polar surface area (TPSA) is 61.8 Å². The summed E-state index contributed by atoms with van der Waals surface area (Å²) in [6, 6.07) is -0.0692. The molecule has 0 aromatic heterocycles. The molecule has 22 heavy (non-hydrogen) atoms. The Kier molecular flexibility index (Phi) is 5.74. The van der Waals surface area contributed by atoms with Crippen molar-refractivity contribution in [3.8, 4) is 0 Å². The highest BCUT2D eigenvalue weighted by Gasteiger charge is 2.42. The summed E-state index contributed by atoms with van der Waals surface area (Å²) in [5.74, 6) is 0. The Morgan fingerprint density at radius 3 is 2.14 bits per heavy atom. The molecular weight excluding hydrogens is 296 g/mol. The fourth-order valence-corrected chi connectivity index (χ4v) is 3.92. The third kappa shape index (κ3) is 5.24. The van der Waals surface area contributed by atoms with Crippen LogP contribution in [-0.4, -0.2) is 55.2 Å². The molecule has 1 amide bonds. The highest BCUT2D eigenvalue weighted by atomic mass is 28.4. The maximum Gasteiger partial charge on any atom is 0.404 e. The Bertz CT molecular complexity index is 399. The van der Waals surface area contributed by atoms with Crippen LogP contribution in [0.15, 0.2) is 0 Å². The van der Waals surface area contributed by atoms with Gasteiger partial charge in [0.05, 0.1) is 6.10 Å². The minimum absolute atomic E-state index is 0.00783. The van der Waals surface area contributed by atoms with Crippen LogP contribution in [0.5, 0.6) is 0 Å². The summed E-state index contributed by atoms with van der Waals surface area (Å²) in [6.45, 7) is 19.3. The normalized spacial score (nSPS) is 25.1. The van der Waals surface area contributed by atoms with E-state index in [2.05, 4.69) is 64.9 Å². The number of carboxylic acid groups (broad SMARTS) is 1. The Morgan fingerprint density at radius 1 is 1.18 bits per heavy atom. The van der Waals surface area contributed by atoms with Crippen molar-refractivity contribution in [3.63, 3.8) is 0 Å². The summed E-state index contributed by atoms with van der Waals surface area (Å²) >= 11 is 0. The highest BCUT2D eigenvalue weighted by molar-refractivity contribution is 6.74. The van der Waals surface area contributed by atoms with Crippen LogP contribution in [0, 0.1) is 0 Å². The summed E-state index contributed by atoms with van der Waals surface area (Å²) in [6.07, 6.45) is -0.108. The second-order valence-corrected chi connectivity index (χ2v) is 13.7. The van der Waals surface area contributed by atoms with Crippen LogP contribution < -0.4 is 5.32 Å². The Balaban J connectivity index is 2.87. The van der Waals surface area contributed by atoms with E-state index in [1.54, 1.807) is 0 Å². The monoisotopic (exact) mass is 330 g/mol. The van der Waals surface area contributed by atoms with Gasteiger partial charge in [0.2, 0.25) is 0 Å². The lowest BCUT2D eigenvalue weighted by atomic mass is 9.96.